The van der Waals surface area contributed by atoms with Crippen molar-refractivity contribution in [1.82, 2.24) is 0 Å². The summed E-state index contributed by atoms with van der Waals surface area (Å²) >= 11 is 3.19. The summed E-state index contributed by atoms with van der Waals surface area (Å²) in [4.78, 5) is 0. The molecule has 9 nitrogen and oxygen atoms in total. The van der Waals surface area contributed by atoms with E-state index >= 15 is 0 Å². The number of aliphatic hydroxyl groups excluding tert-OH is 3. The second kappa shape index (κ2) is 35.0. The van der Waals surface area contributed by atoms with Crippen molar-refractivity contribution < 1.29 is 95.9 Å². The van der Waals surface area contributed by atoms with E-state index in [2.05, 4.69) is 15.9 Å². The maximum atomic E-state index is 8.32. The molecule has 0 unspecified atom stereocenters. The fraction of sp³-hybridized carbons (Fsp3) is 1.00. The van der Waals surface area contributed by atoms with E-state index < -0.39 is 0 Å². The zero-order valence-electron chi connectivity index (χ0n) is 14.6. The van der Waals surface area contributed by atoms with Crippen LogP contribution in [0.15, 0.2) is 0 Å². The van der Waals surface area contributed by atoms with Crippen LogP contribution in [0.3, 0.4) is 0 Å². The van der Waals surface area contributed by atoms with Crippen molar-refractivity contribution in [3.63, 3.8) is 0 Å². The first-order chi connectivity index (χ1) is 10.1. The largest absolute Gasteiger partial charge is 1.00 e. The van der Waals surface area contributed by atoms with Gasteiger partial charge in [-0.05, 0) is 0 Å². The summed E-state index contributed by atoms with van der Waals surface area (Å²) in [5.41, 5.74) is 0. The molecule has 0 amide bonds. The third-order valence-corrected chi connectivity index (χ3v) is 2.30. The molecule has 0 atom stereocenters. The van der Waals surface area contributed by atoms with Crippen LogP contribution >= 0.6 is 15.9 Å². The summed E-state index contributed by atoms with van der Waals surface area (Å²) in [5, 5.41) is 24.3. The molecule has 0 rings (SSSR count). The first-order valence-corrected chi connectivity index (χ1v) is 7.31. The molecule has 0 aliphatic heterocycles. The van der Waals surface area contributed by atoms with Gasteiger partial charge in [0, 0.05) is 28.4 Å². The van der Waals surface area contributed by atoms with Gasteiger partial charge in [0.05, 0.1) is 38.4 Å². The zero-order valence-corrected chi connectivity index (χ0v) is 19.3. The Bertz CT molecular complexity index is 156. The Kier molecular flexibility index (Phi) is 54.4. The molecule has 0 aliphatic carbocycles. The third-order valence-electron chi connectivity index (χ3n) is 1.77. The number of rotatable bonds is 10. The van der Waals surface area contributed by atoms with Crippen molar-refractivity contribution in [2.24, 2.45) is 0 Å². The molecule has 0 aromatic heterocycles. The molecule has 23 heavy (non-hydrogen) atoms. The van der Waals surface area contributed by atoms with Gasteiger partial charge < -0.3 is 44.5 Å². The average molecular weight is 437 g/mol. The van der Waals surface area contributed by atoms with Crippen LogP contribution in [0, 0.1) is 0 Å². The fourth-order valence-electron chi connectivity index (χ4n) is 0.699. The summed E-state index contributed by atoms with van der Waals surface area (Å²) in [6.07, 6.45) is -0.424. The summed E-state index contributed by atoms with van der Waals surface area (Å²) in [6, 6.07) is 0. The number of halogens is 1. The Labute approximate surface area is 189 Å². The Morgan fingerprint density at radius 3 is 1.35 bits per heavy atom. The van der Waals surface area contributed by atoms with Gasteiger partial charge in [-0.3, -0.25) is 0 Å². The van der Waals surface area contributed by atoms with Crippen molar-refractivity contribution in [3.05, 3.63) is 0 Å². The van der Waals surface area contributed by atoms with E-state index in [1.165, 1.54) is 14.2 Å². The number of aliphatic hydroxyl groups is 3. The second-order valence-electron chi connectivity index (χ2n) is 3.20. The van der Waals surface area contributed by atoms with Crippen molar-refractivity contribution in [1.29, 1.82) is 0 Å². The van der Waals surface area contributed by atoms with Gasteiger partial charge in [0.1, 0.15) is 0 Å². The number of methoxy groups -OCH3 is 4. The Hall–Kier alpha value is 1.76. The number of hydrogen-bond donors (Lipinski definition) is 3. The smallest absolute Gasteiger partial charge is 0.870 e. The van der Waals surface area contributed by atoms with E-state index in [1.807, 2.05) is 0 Å². The Balaban J connectivity index is -0.0000000735. The molecule has 140 valence electrons. The SMILES string of the molecule is COC(CBr)OC.COC(COCCO)OC.OCCO.[K+].[OH-]. The van der Waals surface area contributed by atoms with Crippen LogP contribution in [-0.4, -0.2) is 100 Å². The van der Waals surface area contributed by atoms with Crippen LogP contribution in [0.4, 0.5) is 0 Å². The molecule has 0 aromatic rings. The summed E-state index contributed by atoms with van der Waals surface area (Å²) in [6.45, 7) is 0.455. The molecule has 4 N–H and O–H groups in total. The first-order valence-electron chi connectivity index (χ1n) is 6.19. The molecular formula is C12H30BrKO9. The summed E-state index contributed by atoms with van der Waals surface area (Å²) in [5.74, 6) is 0. The number of ether oxygens (including phenoxy) is 5. The second-order valence-corrected chi connectivity index (χ2v) is 3.85. The van der Waals surface area contributed by atoms with Crippen LogP contribution in [-0.2, 0) is 23.7 Å². The van der Waals surface area contributed by atoms with E-state index in [9.17, 15) is 0 Å². The van der Waals surface area contributed by atoms with Crippen LogP contribution in [0.1, 0.15) is 0 Å². The molecule has 11 heteroatoms. The Morgan fingerprint density at radius 2 is 1.17 bits per heavy atom. The zero-order chi connectivity index (χ0) is 16.9. The maximum absolute atomic E-state index is 8.32. The van der Waals surface area contributed by atoms with Crippen molar-refractivity contribution >= 4 is 15.9 Å². The van der Waals surface area contributed by atoms with Gasteiger partial charge in [0.2, 0.25) is 0 Å². The monoisotopic (exact) mass is 436 g/mol. The number of hydrogen-bond acceptors (Lipinski definition) is 9. The van der Waals surface area contributed by atoms with E-state index in [1.54, 1.807) is 14.2 Å². The normalized spacial score (nSPS) is 9.13. The van der Waals surface area contributed by atoms with Gasteiger partial charge in [0.25, 0.3) is 0 Å². The van der Waals surface area contributed by atoms with Crippen molar-refractivity contribution in [3.8, 4) is 0 Å². The molecule has 0 saturated heterocycles. The van der Waals surface area contributed by atoms with Crippen LogP contribution < -0.4 is 51.4 Å². The molecule has 0 spiro atoms. The topological polar surface area (TPSA) is 137 Å². The quantitative estimate of drug-likeness (QED) is 0.137. The van der Waals surface area contributed by atoms with Gasteiger partial charge in [-0.2, -0.15) is 0 Å². The van der Waals surface area contributed by atoms with Gasteiger partial charge in [-0.1, -0.05) is 15.9 Å². The van der Waals surface area contributed by atoms with E-state index in [0.29, 0.717) is 13.2 Å². The molecule has 0 fully saturated rings. The molecule has 0 heterocycles. The number of alkyl halides is 1. The Morgan fingerprint density at radius 1 is 0.783 bits per heavy atom. The van der Waals surface area contributed by atoms with Crippen molar-refractivity contribution in [2.75, 3.05) is 66.8 Å². The van der Waals surface area contributed by atoms with Crippen LogP contribution in [0.2, 0.25) is 0 Å². The van der Waals surface area contributed by atoms with Gasteiger partial charge >= 0.3 is 51.4 Å². The molecule has 0 bridgehead atoms. The maximum Gasteiger partial charge on any atom is 1.00 e. The average Bonchev–Trinajstić information content (AvgIpc) is 2.54. The predicted octanol–water partition coefficient (Wildman–Crippen LogP) is -3.59. The molecule has 0 saturated carbocycles. The minimum absolute atomic E-state index is 0. The molecule has 0 aliphatic rings. The predicted molar refractivity (Wildman–Crippen MR) is 83.4 cm³/mol. The van der Waals surface area contributed by atoms with E-state index in [0.717, 1.165) is 5.33 Å². The van der Waals surface area contributed by atoms with Crippen molar-refractivity contribution in [2.45, 2.75) is 12.6 Å². The van der Waals surface area contributed by atoms with E-state index in [-0.39, 0.29) is 89.3 Å². The third kappa shape index (κ3) is 35.7. The fourth-order valence-corrected chi connectivity index (χ4v) is 1.23. The summed E-state index contributed by atoms with van der Waals surface area (Å²) in [7, 11) is 6.29. The summed E-state index contributed by atoms with van der Waals surface area (Å²) < 4.78 is 24.1. The van der Waals surface area contributed by atoms with E-state index in [4.69, 9.17) is 39.0 Å². The van der Waals surface area contributed by atoms with Gasteiger partial charge in [-0.15, -0.1) is 0 Å². The molecule has 0 aromatic carbocycles. The molecule has 0 radical (unpaired) electrons. The van der Waals surface area contributed by atoms with Gasteiger partial charge in [-0.25, -0.2) is 0 Å². The minimum Gasteiger partial charge on any atom is -0.870 e. The van der Waals surface area contributed by atoms with Crippen LogP contribution in [0.25, 0.3) is 0 Å². The van der Waals surface area contributed by atoms with Gasteiger partial charge in [0.15, 0.2) is 12.6 Å². The minimum atomic E-state index is -0.327. The first kappa shape index (κ1) is 35.8. The van der Waals surface area contributed by atoms with Crippen LogP contribution in [0.5, 0.6) is 0 Å². The molecular weight excluding hydrogens is 407 g/mol. The standard InChI is InChI=1S/C6H14O4.C4H9BrO2.C2H6O2.K.H2O/c1-8-6(9-2)5-10-4-3-7;1-6-4(3-5)7-2;3-1-2-4;;/h6-7H,3-5H2,1-2H3;4H,3H2,1-2H3;3-4H,1-2H2;;1H2/q;;;+1;/p-1.